The second-order valence-electron chi connectivity index (χ2n) is 4.47. The molecule has 1 aromatic rings. The third kappa shape index (κ3) is 2.82. The third-order valence-electron chi connectivity index (χ3n) is 3.44. The van der Waals surface area contributed by atoms with Crippen LogP contribution >= 0.6 is 0 Å². The molecule has 0 spiro atoms. The first-order valence-electron chi connectivity index (χ1n) is 6.19. The molecule has 1 nitrogen and oxygen atoms in total. The molecule has 82 valence electrons. The highest BCUT2D eigenvalue weighted by Gasteiger charge is 2.13. The Bertz CT molecular complexity index is 281. The topological polar surface area (TPSA) is 12.0 Å². The molecule has 0 bridgehead atoms. The van der Waals surface area contributed by atoms with Gasteiger partial charge in [0, 0.05) is 0 Å². The first kappa shape index (κ1) is 10.7. The Morgan fingerprint density at radius 1 is 1.13 bits per heavy atom. The van der Waals surface area contributed by atoms with Crippen LogP contribution in [0.1, 0.15) is 43.2 Å². The van der Waals surface area contributed by atoms with Gasteiger partial charge in [0.15, 0.2) is 0 Å². The summed E-state index contributed by atoms with van der Waals surface area (Å²) in [6.45, 7) is 4.59. The number of aryl methyl sites for hydroxylation is 1. The maximum Gasteiger partial charge on any atom is -0.00431 e. The van der Waals surface area contributed by atoms with Crippen LogP contribution in [0.2, 0.25) is 0 Å². The largest absolute Gasteiger partial charge is 0.317 e. The molecule has 1 saturated heterocycles. The van der Waals surface area contributed by atoms with Crippen LogP contribution in [0, 0.1) is 0 Å². The van der Waals surface area contributed by atoms with Crippen molar-refractivity contribution in [3.63, 3.8) is 0 Å². The van der Waals surface area contributed by atoms with Crippen molar-refractivity contribution < 1.29 is 0 Å². The van der Waals surface area contributed by atoms with Gasteiger partial charge in [-0.15, -0.1) is 0 Å². The zero-order chi connectivity index (χ0) is 10.5. The Kier molecular flexibility index (Phi) is 3.79. The Hall–Kier alpha value is -0.820. The van der Waals surface area contributed by atoms with Gasteiger partial charge in [0.1, 0.15) is 0 Å². The van der Waals surface area contributed by atoms with E-state index in [0.29, 0.717) is 0 Å². The smallest absolute Gasteiger partial charge is 0.00431 e. The fourth-order valence-corrected chi connectivity index (χ4v) is 2.38. The molecule has 1 aliphatic rings. The lowest BCUT2D eigenvalue weighted by Crippen LogP contribution is -2.13. The number of hydrogen-bond acceptors (Lipinski definition) is 1. The first-order valence-corrected chi connectivity index (χ1v) is 6.19. The standard InChI is InChI=1S/C14H21N/c1-2-12-5-7-14(8-6-12)13-4-3-10-15-11-9-13/h5-8,13,15H,2-4,9-11H2,1H3. The van der Waals surface area contributed by atoms with Crippen LogP contribution in [0.5, 0.6) is 0 Å². The van der Waals surface area contributed by atoms with Gasteiger partial charge in [-0.1, -0.05) is 31.2 Å². The molecular formula is C14H21N. The molecule has 1 aliphatic heterocycles. The van der Waals surface area contributed by atoms with E-state index < -0.39 is 0 Å². The van der Waals surface area contributed by atoms with Crippen LogP contribution in [0.25, 0.3) is 0 Å². The molecule has 15 heavy (non-hydrogen) atoms. The number of nitrogens with one attached hydrogen (secondary N) is 1. The van der Waals surface area contributed by atoms with Crippen molar-refractivity contribution in [1.82, 2.24) is 5.32 Å². The van der Waals surface area contributed by atoms with Gasteiger partial charge in [0.25, 0.3) is 0 Å². The summed E-state index contributed by atoms with van der Waals surface area (Å²) < 4.78 is 0. The van der Waals surface area contributed by atoms with Crippen molar-refractivity contribution in [3.05, 3.63) is 35.4 Å². The molecular weight excluding hydrogens is 182 g/mol. The summed E-state index contributed by atoms with van der Waals surface area (Å²) in [5.74, 6) is 0.783. The lowest BCUT2D eigenvalue weighted by Gasteiger charge is -2.14. The summed E-state index contributed by atoms with van der Waals surface area (Å²) in [4.78, 5) is 0. The highest BCUT2D eigenvalue weighted by Crippen LogP contribution is 2.26. The minimum atomic E-state index is 0.783. The molecule has 0 radical (unpaired) electrons. The van der Waals surface area contributed by atoms with Crippen molar-refractivity contribution in [1.29, 1.82) is 0 Å². The molecule has 2 rings (SSSR count). The summed E-state index contributed by atoms with van der Waals surface area (Å²) in [6.07, 6.45) is 5.11. The second kappa shape index (κ2) is 5.32. The predicted molar refractivity (Wildman–Crippen MR) is 65.3 cm³/mol. The van der Waals surface area contributed by atoms with E-state index in [-0.39, 0.29) is 0 Å². The van der Waals surface area contributed by atoms with Gasteiger partial charge >= 0.3 is 0 Å². The number of benzene rings is 1. The van der Waals surface area contributed by atoms with Crippen LogP contribution in [-0.4, -0.2) is 13.1 Å². The Morgan fingerprint density at radius 3 is 2.67 bits per heavy atom. The SMILES string of the molecule is CCc1ccc(C2CCCNCC2)cc1. The second-order valence-corrected chi connectivity index (χ2v) is 4.47. The van der Waals surface area contributed by atoms with E-state index in [0.717, 1.165) is 12.3 Å². The maximum atomic E-state index is 3.47. The highest BCUT2D eigenvalue weighted by molar-refractivity contribution is 5.25. The van der Waals surface area contributed by atoms with Gasteiger partial charge in [0.2, 0.25) is 0 Å². The van der Waals surface area contributed by atoms with Crippen LogP contribution < -0.4 is 5.32 Å². The van der Waals surface area contributed by atoms with Gasteiger partial charge in [-0.3, -0.25) is 0 Å². The zero-order valence-corrected chi connectivity index (χ0v) is 9.63. The summed E-state index contributed by atoms with van der Waals surface area (Å²) >= 11 is 0. The molecule has 0 saturated carbocycles. The van der Waals surface area contributed by atoms with Gasteiger partial charge in [-0.05, 0) is 55.8 Å². The third-order valence-corrected chi connectivity index (χ3v) is 3.44. The molecule has 0 amide bonds. The molecule has 1 unspecified atom stereocenters. The Morgan fingerprint density at radius 2 is 1.93 bits per heavy atom. The van der Waals surface area contributed by atoms with Crippen LogP contribution in [0.4, 0.5) is 0 Å². The molecule has 1 atom stereocenters. The summed E-state index contributed by atoms with van der Waals surface area (Å²) in [6, 6.07) is 9.23. The van der Waals surface area contributed by atoms with Crippen molar-refractivity contribution >= 4 is 0 Å². The van der Waals surface area contributed by atoms with E-state index in [2.05, 4.69) is 36.5 Å². The summed E-state index contributed by atoms with van der Waals surface area (Å²) in [5.41, 5.74) is 2.99. The number of rotatable bonds is 2. The van der Waals surface area contributed by atoms with Crippen LogP contribution in [-0.2, 0) is 6.42 Å². The minimum absolute atomic E-state index is 0.783. The average Bonchev–Trinajstić information content (AvgIpc) is 2.58. The normalized spacial score (nSPS) is 22.3. The first-order chi connectivity index (χ1) is 7.40. The molecule has 1 fully saturated rings. The molecule has 0 aliphatic carbocycles. The van der Waals surface area contributed by atoms with E-state index in [1.165, 1.54) is 43.5 Å². The van der Waals surface area contributed by atoms with Gasteiger partial charge < -0.3 is 5.32 Å². The fourth-order valence-electron chi connectivity index (χ4n) is 2.38. The Balaban J connectivity index is 2.06. The predicted octanol–water partition coefficient (Wildman–Crippen LogP) is 3.11. The molecule has 1 heterocycles. The lowest BCUT2D eigenvalue weighted by atomic mass is 9.91. The molecule has 1 aromatic carbocycles. The van der Waals surface area contributed by atoms with Gasteiger partial charge in [-0.25, -0.2) is 0 Å². The highest BCUT2D eigenvalue weighted by atomic mass is 14.8. The fraction of sp³-hybridized carbons (Fsp3) is 0.571. The average molecular weight is 203 g/mol. The van der Waals surface area contributed by atoms with Crippen molar-refractivity contribution in [2.24, 2.45) is 0 Å². The van der Waals surface area contributed by atoms with E-state index in [1.54, 1.807) is 0 Å². The van der Waals surface area contributed by atoms with E-state index in [1.807, 2.05) is 0 Å². The Labute approximate surface area is 92.9 Å². The lowest BCUT2D eigenvalue weighted by molar-refractivity contribution is 0.609. The van der Waals surface area contributed by atoms with Crippen LogP contribution in [0.15, 0.2) is 24.3 Å². The quantitative estimate of drug-likeness (QED) is 0.778. The van der Waals surface area contributed by atoms with Gasteiger partial charge in [-0.2, -0.15) is 0 Å². The van der Waals surface area contributed by atoms with E-state index >= 15 is 0 Å². The number of hydrogen-bond donors (Lipinski definition) is 1. The molecule has 0 aromatic heterocycles. The maximum absolute atomic E-state index is 3.47. The van der Waals surface area contributed by atoms with Gasteiger partial charge in [0.05, 0.1) is 0 Å². The zero-order valence-electron chi connectivity index (χ0n) is 9.63. The van der Waals surface area contributed by atoms with E-state index in [9.17, 15) is 0 Å². The van der Waals surface area contributed by atoms with Crippen LogP contribution in [0.3, 0.4) is 0 Å². The summed E-state index contributed by atoms with van der Waals surface area (Å²) in [7, 11) is 0. The van der Waals surface area contributed by atoms with Crippen molar-refractivity contribution in [2.45, 2.75) is 38.5 Å². The summed E-state index contributed by atoms with van der Waals surface area (Å²) in [5, 5.41) is 3.47. The molecule has 1 heteroatoms. The van der Waals surface area contributed by atoms with Crippen molar-refractivity contribution in [3.8, 4) is 0 Å². The monoisotopic (exact) mass is 203 g/mol. The molecule has 1 N–H and O–H groups in total. The minimum Gasteiger partial charge on any atom is -0.317 e. The van der Waals surface area contributed by atoms with Crippen molar-refractivity contribution in [2.75, 3.05) is 13.1 Å². The van der Waals surface area contributed by atoms with E-state index in [4.69, 9.17) is 0 Å².